The van der Waals surface area contributed by atoms with Gasteiger partial charge in [0.25, 0.3) is 11.1 Å². The van der Waals surface area contributed by atoms with E-state index in [4.69, 9.17) is 4.52 Å². The number of amides is 2. The first-order valence-corrected chi connectivity index (χ1v) is 7.54. The highest BCUT2D eigenvalue weighted by molar-refractivity contribution is 8.18. The summed E-state index contributed by atoms with van der Waals surface area (Å²) >= 11 is 2.47. The lowest BCUT2D eigenvalue weighted by Gasteiger charge is -2.08. The fourth-order valence-corrected chi connectivity index (χ4v) is 3.35. The van der Waals surface area contributed by atoms with Crippen LogP contribution in [0.15, 0.2) is 33.0 Å². The molecule has 0 aliphatic carbocycles. The van der Waals surface area contributed by atoms with Gasteiger partial charge in [0.05, 0.1) is 17.1 Å². The number of carbonyl (C=O) groups excluding carboxylic acids is 2. The van der Waals surface area contributed by atoms with Gasteiger partial charge in [-0.3, -0.25) is 14.5 Å². The largest absolute Gasteiger partial charge is 0.359 e. The summed E-state index contributed by atoms with van der Waals surface area (Å²) in [6.07, 6.45) is 1.74. The number of rotatable bonds is 3. The number of nitrogens with zero attached hydrogens (tertiary/aromatic N) is 2. The van der Waals surface area contributed by atoms with Crippen LogP contribution in [0.5, 0.6) is 0 Å². The summed E-state index contributed by atoms with van der Waals surface area (Å²) in [7, 11) is 0. The number of imide groups is 1. The van der Waals surface area contributed by atoms with E-state index in [2.05, 4.69) is 5.16 Å². The maximum atomic E-state index is 12.2. The zero-order valence-corrected chi connectivity index (χ0v) is 12.2. The number of thioether (sulfide) groups is 1. The summed E-state index contributed by atoms with van der Waals surface area (Å²) in [6.45, 7) is 1.91. The maximum absolute atomic E-state index is 12.2. The molecule has 0 aromatic carbocycles. The third-order valence-electron chi connectivity index (χ3n) is 2.68. The molecular weight excluding hydrogens is 296 g/mol. The third-order valence-corrected chi connectivity index (χ3v) is 4.41. The predicted octanol–water partition coefficient (Wildman–Crippen LogP) is 3.28. The molecule has 3 rings (SSSR count). The topological polar surface area (TPSA) is 63.4 Å². The standard InChI is InChI=1S/C13H10N2O3S2/c1-8-5-9(18-14-8)7-15-12(16)11(20-13(15)17)6-10-3-2-4-19-10/h2-6H,7H2,1H3/b11-6-. The Labute approximate surface area is 123 Å². The Morgan fingerprint density at radius 1 is 1.45 bits per heavy atom. The van der Waals surface area contributed by atoms with Crippen LogP contribution < -0.4 is 0 Å². The smallest absolute Gasteiger partial charge is 0.293 e. The second-order valence-electron chi connectivity index (χ2n) is 4.22. The van der Waals surface area contributed by atoms with E-state index in [1.54, 1.807) is 19.1 Å². The molecule has 0 saturated carbocycles. The summed E-state index contributed by atoms with van der Waals surface area (Å²) in [6, 6.07) is 5.52. The second-order valence-corrected chi connectivity index (χ2v) is 6.19. The molecule has 2 amide bonds. The van der Waals surface area contributed by atoms with Crippen LogP contribution in [-0.2, 0) is 11.3 Å². The lowest BCUT2D eigenvalue weighted by molar-refractivity contribution is -0.123. The van der Waals surface area contributed by atoms with Gasteiger partial charge in [-0.2, -0.15) is 0 Å². The first-order valence-electron chi connectivity index (χ1n) is 5.84. The Balaban J connectivity index is 1.80. The third kappa shape index (κ3) is 2.54. The van der Waals surface area contributed by atoms with Crippen molar-refractivity contribution in [3.05, 3.63) is 44.8 Å². The van der Waals surface area contributed by atoms with E-state index >= 15 is 0 Å². The van der Waals surface area contributed by atoms with Gasteiger partial charge in [-0.15, -0.1) is 11.3 Å². The minimum atomic E-state index is -0.289. The molecule has 102 valence electrons. The van der Waals surface area contributed by atoms with Gasteiger partial charge in [-0.05, 0) is 36.2 Å². The van der Waals surface area contributed by atoms with Crippen molar-refractivity contribution in [3.63, 3.8) is 0 Å². The normalized spacial score (nSPS) is 17.4. The van der Waals surface area contributed by atoms with E-state index in [0.29, 0.717) is 10.7 Å². The van der Waals surface area contributed by atoms with E-state index in [0.717, 1.165) is 22.3 Å². The van der Waals surface area contributed by atoms with Gasteiger partial charge in [0.15, 0.2) is 5.76 Å². The van der Waals surface area contributed by atoms with Gasteiger partial charge in [-0.1, -0.05) is 11.2 Å². The van der Waals surface area contributed by atoms with Gasteiger partial charge in [-0.25, -0.2) is 0 Å². The first-order chi connectivity index (χ1) is 9.63. The highest BCUT2D eigenvalue weighted by Gasteiger charge is 2.35. The lowest BCUT2D eigenvalue weighted by Crippen LogP contribution is -2.27. The SMILES string of the molecule is Cc1cc(CN2C(=O)S/C(=C\c3cccs3)C2=O)on1. The van der Waals surface area contributed by atoms with E-state index in [9.17, 15) is 9.59 Å². The zero-order valence-electron chi connectivity index (χ0n) is 10.5. The van der Waals surface area contributed by atoms with Crippen molar-refractivity contribution in [2.45, 2.75) is 13.5 Å². The Kier molecular flexibility index (Phi) is 3.45. The van der Waals surface area contributed by atoms with Gasteiger partial charge in [0, 0.05) is 10.9 Å². The molecule has 1 aliphatic rings. The van der Waals surface area contributed by atoms with E-state index in [1.807, 2.05) is 17.5 Å². The zero-order chi connectivity index (χ0) is 14.1. The highest BCUT2D eigenvalue weighted by Crippen LogP contribution is 2.33. The molecule has 1 aliphatic heterocycles. The van der Waals surface area contributed by atoms with Crippen molar-refractivity contribution in [3.8, 4) is 0 Å². The molecule has 0 N–H and O–H groups in total. The van der Waals surface area contributed by atoms with E-state index < -0.39 is 0 Å². The van der Waals surface area contributed by atoms with Gasteiger partial charge in [0.2, 0.25) is 0 Å². The van der Waals surface area contributed by atoms with Crippen molar-refractivity contribution < 1.29 is 14.1 Å². The number of aromatic nitrogens is 1. The molecule has 0 bridgehead atoms. The second kappa shape index (κ2) is 5.26. The molecule has 0 unspecified atom stereocenters. The van der Waals surface area contributed by atoms with Crippen LogP contribution in [0.25, 0.3) is 6.08 Å². The van der Waals surface area contributed by atoms with E-state index in [-0.39, 0.29) is 17.7 Å². The first kappa shape index (κ1) is 13.1. The van der Waals surface area contributed by atoms with Gasteiger partial charge < -0.3 is 4.52 Å². The molecule has 1 saturated heterocycles. The van der Waals surface area contributed by atoms with E-state index in [1.165, 1.54) is 16.2 Å². The minimum Gasteiger partial charge on any atom is -0.359 e. The monoisotopic (exact) mass is 306 g/mol. The minimum absolute atomic E-state index is 0.118. The summed E-state index contributed by atoms with van der Waals surface area (Å²) < 4.78 is 5.04. The van der Waals surface area contributed by atoms with Crippen molar-refractivity contribution >= 4 is 40.3 Å². The van der Waals surface area contributed by atoms with Gasteiger partial charge >= 0.3 is 0 Å². The van der Waals surface area contributed by atoms with Crippen molar-refractivity contribution in [1.29, 1.82) is 0 Å². The lowest BCUT2D eigenvalue weighted by atomic mass is 10.3. The number of hydrogen-bond acceptors (Lipinski definition) is 6. The summed E-state index contributed by atoms with van der Waals surface area (Å²) in [5, 5.41) is 5.38. The van der Waals surface area contributed by atoms with Crippen LogP contribution in [0.3, 0.4) is 0 Å². The highest BCUT2D eigenvalue weighted by atomic mass is 32.2. The fraction of sp³-hybridized carbons (Fsp3) is 0.154. The molecule has 5 nitrogen and oxygen atoms in total. The summed E-state index contributed by atoms with van der Waals surface area (Å²) in [5.74, 6) is 0.213. The summed E-state index contributed by atoms with van der Waals surface area (Å²) in [4.78, 5) is 26.7. The molecule has 2 aromatic rings. The quantitative estimate of drug-likeness (QED) is 0.814. The van der Waals surface area contributed by atoms with Crippen LogP contribution in [0.2, 0.25) is 0 Å². The van der Waals surface area contributed by atoms with Crippen LogP contribution in [0, 0.1) is 6.92 Å². The molecule has 20 heavy (non-hydrogen) atoms. The molecule has 0 radical (unpaired) electrons. The van der Waals surface area contributed by atoms with Gasteiger partial charge in [0.1, 0.15) is 0 Å². The molecule has 2 aromatic heterocycles. The Bertz CT molecular complexity index is 688. The molecular formula is C13H10N2O3S2. The summed E-state index contributed by atoms with van der Waals surface area (Å²) in [5.41, 5.74) is 0.723. The predicted molar refractivity (Wildman–Crippen MR) is 77.1 cm³/mol. The number of thiophene rings is 1. The van der Waals surface area contributed by atoms with Crippen LogP contribution in [0.4, 0.5) is 4.79 Å². The van der Waals surface area contributed by atoms with Crippen molar-refractivity contribution in [2.75, 3.05) is 0 Å². The van der Waals surface area contributed by atoms with Crippen molar-refractivity contribution in [2.24, 2.45) is 0 Å². The van der Waals surface area contributed by atoms with Crippen molar-refractivity contribution in [1.82, 2.24) is 10.1 Å². The molecule has 3 heterocycles. The number of hydrogen-bond donors (Lipinski definition) is 0. The van der Waals surface area contributed by atoms with Crippen LogP contribution in [0.1, 0.15) is 16.3 Å². The number of carbonyl (C=O) groups is 2. The molecule has 7 heteroatoms. The average molecular weight is 306 g/mol. The average Bonchev–Trinajstić information content (AvgIpc) is 3.10. The Morgan fingerprint density at radius 2 is 2.30 bits per heavy atom. The number of aryl methyl sites for hydroxylation is 1. The van der Waals surface area contributed by atoms with Crippen LogP contribution in [-0.4, -0.2) is 21.2 Å². The molecule has 0 spiro atoms. The Morgan fingerprint density at radius 3 is 2.95 bits per heavy atom. The molecule has 0 atom stereocenters. The fourth-order valence-electron chi connectivity index (χ4n) is 1.79. The Hall–Kier alpha value is -1.86. The maximum Gasteiger partial charge on any atom is 0.293 e. The van der Waals surface area contributed by atoms with Crippen LogP contribution >= 0.6 is 23.1 Å². The molecule has 1 fully saturated rings.